The molecule has 1 aliphatic carbocycles. The molecule has 2 nitrogen and oxygen atoms in total. The number of alkyl halides is 3. The highest BCUT2D eigenvalue weighted by Gasteiger charge is 2.29. The van der Waals surface area contributed by atoms with E-state index in [1.165, 1.54) is 19.4 Å². The number of likely N-dealkylation sites (tertiary alicyclic amines) is 1. The molecule has 3 rings (SSSR count). The number of nitrogens with zero attached hydrogens (tertiary/aromatic N) is 1. The molecule has 1 aliphatic heterocycles. The second-order valence-corrected chi connectivity index (χ2v) is 7.73. The summed E-state index contributed by atoms with van der Waals surface area (Å²) in [5.41, 5.74) is -3.13. The Hall–Kier alpha value is -0.720. The predicted molar refractivity (Wildman–Crippen MR) is 87.4 cm³/mol. The Labute approximate surface area is 139 Å². The normalized spacial score (nSPS) is 20.8. The summed E-state index contributed by atoms with van der Waals surface area (Å²) in [7, 11) is 0. The van der Waals surface area contributed by atoms with Crippen molar-refractivity contribution >= 4 is 11.8 Å². The standard InChI is InChI=1S/C17H23F3N2S/c18-17(19,20)23-16-5-3-14(4-6-16)12-22-9-7-15(8-10-22)21-11-13-1-2-13/h3-6,13,15,21H,1-2,7-12H2. The van der Waals surface area contributed by atoms with Gasteiger partial charge in [-0.15, -0.1) is 0 Å². The van der Waals surface area contributed by atoms with Crippen LogP contribution in [0, 0.1) is 5.92 Å². The topological polar surface area (TPSA) is 15.3 Å². The van der Waals surface area contributed by atoms with Gasteiger partial charge < -0.3 is 5.32 Å². The molecule has 0 aromatic heterocycles. The van der Waals surface area contributed by atoms with Gasteiger partial charge in [0, 0.05) is 17.5 Å². The number of halogens is 3. The SMILES string of the molecule is FC(F)(F)Sc1ccc(CN2CCC(NCC3CC3)CC2)cc1. The van der Waals surface area contributed by atoms with Gasteiger partial charge in [0.05, 0.1) is 0 Å². The maximum atomic E-state index is 12.3. The van der Waals surface area contributed by atoms with E-state index in [1.807, 2.05) is 12.1 Å². The second kappa shape index (κ2) is 7.45. The van der Waals surface area contributed by atoms with Crippen LogP contribution in [0.5, 0.6) is 0 Å². The van der Waals surface area contributed by atoms with Crippen molar-refractivity contribution < 1.29 is 13.2 Å². The van der Waals surface area contributed by atoms with Crippen LogP contribution in [-0.2, 0) is 6.54 Å². The third-order valence-electron chi connectivity index (χ3n) is 4.54. The van der Waals surface area contributed by atoms with E-state index in [9.17, 15) is 13.2 Å². The fourth-order valence-electron chi connectivity index (χ4n) is 3.01. The molecule has 0 atom stereocenters. The molecule has 0 bridgehead atoms. The molecule has 2 fully saturated rings. The van der Waals surface area contributed by atoms with Crippen LogP contribution in [0.3, 0.4) is 0 Å². The van der Waals surface area contributed by atoms with Gasteiger partial charge in [0.25, 0.3) is 0 Å². The minimum Gasteiger partial charge on any atom is -0.314 e. The van der Waals surface area contributed by atoms with E-state index in [0.29, 0.717) is 6.04 Å². The van der Waals surface area contributed by atoms with E-state index in [-0.39, 0.29) is 16.7 Å². The zero-order valence-corrected chi connectivity index (χ0v) is 13.9. The van der Waals surface area contributed by atoms with E-state index >= 15 is 0 Å². The van der Waals surface area contributed by atoms with Gasteiger partial charge in [-0.2, -0.15) is 13.2 Å². The summed E-state index contributed by atoms with van der Waals surface area (Å²) < 4.78 is 36.9. The number of nitrogens with one attached hydrogen (secondary N) is 1. The highest BCUT2D eigenvalue weighted by molar-refractivity contribution is 8.00. The molecule has 1 saturated carbocycles. The zero-order valence-electron chi connectivity index (χ0n) is 13.1. The lowest BCUT2D eigenvalue weighted by Gasteiger charge is -2.32. The maximum Gasteiger partial charge on any atom is 0.446 e. The van der Waals surface area contributed by atoms with Gasteiger partial charge in [-0.1, -0.05) is 12.1 Å². The minimum atomic E-state index is -4.21. The summed E-state index contributed by atoms with van der Waals surface area (Å²) in [6, 6.07) is 7.39. The average molecular weight is 344 g/mol. The van der Waals surface area contributed by atoms with Gasteiger partial charge in [-0.3, -0.25) is 4.90 Å². The Morgan fingerprint density at radius 2 is 1.70 bits per heavy atom. The molecule has 1 heterocycles. The summed E-state index contributed by atoms with van der Waals surface area (Å²) in [5.74, 6) is 0.918. The van der Waals surface area contributed by atoms with Crippen molar-refractivity contribution in [2.24, 2.45) is 5.92 Å². The highest BCUT2D eigenvalue weighted by Crippen LogP contribution is 2.36. The van der Waals surface area contributed by atoms with Gasteiger partial charge in [0.2, 0.25) is 0 Å². The van der Waals surface area contributed by atoms with Gasteiger partial charge in [-0.25, -0.2) is 0 Å². The van der Waals surface area contributed by atoms with Crippen LogP contribution in [0.4, 0.5) is 13.2 Å². The van der Waals surface area contributed by atoms with Crippen molar-refractivity contribution in [3.8, 4) is 0 Å². The molecular formula is C17H23F3N2S. The first kappa shape index (κ1) is 17.1. The molecule has 128 valence electrons. The average Bonchev–Trinajstić information content (AvgIpc) is 3.31. The van der Waals surface area contributed by atoms with Crippen molar-refractivity contribution in [3.05, 3.63) is 29.8 Å². The molecule has 0 radical (unpaired) electrons. The highest BCUT2D eigenvalue weighted by atomic mass is 32.2. The molecule has 1 aromatic carbocycles. The van der Waals surface area contributed by atoms with Crippen LogP contribution in [0.25, 0.3) is 0 Å². The van der Waals surface area contributed by atoms with Crippen molar-refractivity contribution in [3.63, 3.8) is 0 Å². The smallest absolute Gasteiger partial charge is 0.314 e. The zero-order chi connectivity index (χ0) is 16.3. The Kier molecular flexibility index (Phi) is 5.54. The first-order valence-corrected chi connectivity index (χ1v) is 9.10. The maximum absolute atomic E-state index is 12.3. The van der Waals surface area contributed by atoms with E-state index in [1.54, 1.807) is 12.1 Å². The van der Waals surface area contributed by atoms with Crippen molar-refractivity contribution in [1.29, 1.82) is 0 Å². The van der Waals surface area contributed by atoms with E-state index < -0.39 is 5.51 Å². The summed E-state index contributed by atoms with van der Waals surface area (Å²) in [6.45, 7) is 4.11. The monoisotopic (exact) mass is 344 g/mol. The minimum absolute atomic E-state index is 0.0533. The van der Waals surface area contributed by atoms with Gasteiger partial charge in [0.1, 0.15) is 0 Å². The Balaban J connectivity index is 1.41. The van der Waals surface area contributed by atoms with Crippen LogP contribution in [0.2, 0.25) is 0 Å². The van der Waals surface area contributed by atoms with Crippen molar-refractivity contribution in [2.45, 2.75) is 48.7 Å². The summed E-state index contributed by atoms with van der Waals surface area (Å²) in [6.07, 6.45) is 5.09. The van der Waals surface area contributed by atoms with Crippen LogP contribution in [-0.4, -0.2) is 36.1 Å². The molecule has 1 aromatic rings. The lowest BCUT2D eigenvalue weighted by molar-refractivity contribution is -0.0328. The predicted octanol–water partition coefficient (Wildman–Crippen LogP) is 4.26. The third kappa shape index (κ3) is 6.01. The first-order chi connectivity index (χ1) is 11.0. The fourth-order valence-corrected chi connectivity index (χ4v) is 3.54. The Morgan fingerprint density at radius 1 is 1.04 bits per heavy atom. The number of rotatable bonds is 6. The van der Waals surface area contributed by atoms with Crippen LogP contribution in [0.1, 0.15) is 31.2 Å². The van der Waals surface area contributed by atoms with Crippen LogP contribution < -0.4 is 5.32 Å². The van der Waals surface area contributed by atoms with E-state index in [4.69, 9.17) is 0 Å². The quantitative estimate of drug-likeness (QED) is 0.776. The summed E-state index contributed by atoms with van der Waals surface area (Å²) in [4.78, 5) is 2.64. The molecule has 0 amide bonds. The number of hydrogen-bond acceptors (Lipinski definition) is 3. The molecule has 2 aliphatic rings. The molecule has 0 spiro atoms. The molecule has 23 heavy (non-hydrogen) atoms. The molecular weight excluding hydrogens is 321 g/mol. The largest absolute Gasteiger partial charge is 0.446 e. The van der Waals surface area contributed by atoms with Crippen LogP contribution in [0.15, 0.2) is 29.2 Å². The van der Waals surface area contributed by atoms with Crippen molar-refractivity contribution in [1.82, 2.24) is 10.2 Å². The van der Waals surface area contributed by atoms with Gasteiger partial charge in [0.15, 0.2) is 0 Å². The van der Waals surface area contributed by atoms with E-state index in [2.05, 4.69) is 10.2 Å². The molecule has 6 heteroatoms. The summed E-state index contributed by atoms with van der Waals surface area (Å²) in [5, 5.41) is 3.66. The lowest BCUT2D eigenvalue weighted by Crippen LogP contribution is -2.42. The van der Waals surface area contributed by atoms with Crippen molar-refractivity contribution in [2.75, 3.05) is 19.6 Å². The summed E-state index contributed by atoms with van der Waals surface area (Å²) >= 11 is -0.0533. The van der Waals surface area contributed by atoms with Gasteiger partial charge >= 0.3 is 5.51 Å². The van der Waals surface area contributed by atoms with Gasteiger partial charge in [-0.05, 0) is 80.7 Å². The fraction of sp³-hybridized carbons (Fsp3) is 0.647. The third-order valence-corrected chi connectivity index (χ3v) is 5.28. The first-order valence-electron chi connectivity index (χ1n) is 8.28. The molecule has 0 unspecified atom stereocenters. The number of thioether (sulfide) groups is 1. The number of piperidine rings is 1. The number of benzene rings is 1. The van der Waals surface area contributed by atoms with Crippen LogP contribution >= 0.6 is 11.8 Å². The second-order valence-electron chi connectivity index (χ2n) is 6.59. The van der Waals surface area contributed by atoms with E-state index in [0.717, 1.165) is 44.0 Å². The Bertz CT molecular complexity index is 492. The number of hydrogen-bond donors (Lipinski definition) is 1. The molecule has 1 N–H and O–H groups in total. The lowest BCUT2D eigenvalue weighted by atomic mass is 10.0. The Morgan fingerprint density at radius 3 is 2.26 bits per heavy atom. The molecule has 1 saturated heterocycles.